The summed E-state index contributed by atoms with van der Waals surface area (Å²) in [5.41, 5.74) is 1.29. The van der Waals surface area contributed by atoms with Gasteiger partial charge >= 0.3 is 5.97 Å². The fourth-order valence-electron chi connectivity index (χ4n) is 2.22. The number of ketones is 1. The number of hydrogen-bond acceptors (Lipinski definition) is 6. The van der Waals surface area contributed by atoms with Gasteiger partial charge in [-0.2, -0.15) is 0 Å². The zero-order chi connectivity index (χ0) is 18.4. The molecule has 7 heteroatoms. The van der Waals surface area contributed by atoms with Gasteiger partial charge in [0.2, 0.25) is 5.89 Å². The largest absolute Gasteiger partial charge is 0.456 e. The number of halogens is 1. The monoisotopic (exact) mass is 370 g/mol. The molecule has 0 saturated carbocycles. The Hall–Kier alpha value is -2.99. The molecule has 0 fully saturated rings. The molecule has 1 aromatic heterocycles. The Bertz CT molecular complexity index is 891. The van der Waals surface area contributed by atoms with E-state index in [0.29, 0.717) is 16.5 Å². The molecule has 0 aliphatic rings. The maximum Gasteiger partial charge on any atom is 0.306 e. The van der Waals surface area contributed by atoms with Crippen LogP contribution in [0.4, 0.5) is 0 Å². The van der Waals surface area contributed by atoms with Crippen molar-refractivity contribution in [3.63, 3.8) is 0 Å². The molecule has 0 saturated heterocycles. The van der Waals surface area contributed by atoms with E-state index in [1.54, 1.807) is 24.3 Å². The lowest BCUT2D eigenvalue weighted by molar-refractivity contribution is -0.145. The molecule has 2 aromatic carbocycles. The third kappa shape index (κ3) is 4.77. The maximum atomic E-state index is 12.0. The first-order valence-corrected chi connectivity index (χ1v) is 8.32. The van der Waals surface area contributed by atoms with Crippen LogP contribution in [0, 0.1) is 0 Å². The lowest BCUT2D eigenvalue weighted by Gasteiger charge is -2.02. The molecule has 0 atom stereocenters. The maximum absolute atomic E-state index is 12.0. The minimum absolute atomic E-state index is 0.0266. The Balaban J connectivity index is 1.46. The lowest BCUT2D eigenvalue weighted by Crippen LogP contribution is -2.08. The summed E-state index contributed by atoms with van der Waals surface area (Å²) in [5.74, 6) is -0.106. The van der Waals surface area contributed by atoms with Crippen LogP contribution >= 0.6 is 11.6 Å². The van der Waals surface area contributed by atoms with Gasteiger partial charge in [0.25, 0.3) is 5.89 Å². The van der Waals surface area contributed by atoms with Crippen molar-refractivity contribution in [1.29, 1.82) is 0 Å². The van der Waals surface area contributed by atoms with Crippen LogP contribution in [0.5, 0.6) is 0 Å². The second kappa shape index (κ2) is 8.40. The number of carbonyl (C=O) groups excluding carboxylic acids is 2. The summed E-state index contributed by atoms with van der Waals surface area (Å²) in [4.78, 5) is 23.8. The molecule has 0 amide bonds. The number of rotatable bonds is 7. The zero-order valence-electron chi connectivity index (χ0n) is 13.7. The average molecular weight is 371 g/mol. The second-order valence-corrected chi connectivity index (χ2v) is 5.89. The van der Waals surface area contributed by atoms with Gasteiger partial charge < -0.3 is 9.15 Å². The predicted octanol–water partition coefficient (Wildman–Crippen LogP) is 4.10. The summed E-state index contributed by atoms with van der Waals surface area (Å²) in [6, 6.07) is 15.8. The highest BCUT2D eigenvalue weighted by molar-refractivity contribution is 6.30. The van der Waals surface area contributed by atoms with Gasteiger partial charge in [-0.25, -0.2) is 0 Å². The minimum Gasteiger partial charge on any atom is -0.456 e. The van der Waals surface area contributed by atoms with Crippen molar-refractivity contribution < 1.29 is 18.7 Å². The molecule has 0 aliphatic carbocycles. The predicted molar refractivity (Wildman–Crippen MR) is 94.5 cm³/mol. The number of esters is 1. The van der Waals surface area contributed by atoms with Crippen molar-refractivity contribution in [3.8, 4) is 11.5 Å². The van der Waals surface area contributed by atoms with Gasteiger partial charge in [-0.05, 0) is 36.4 Å². The van der Waals surface area contributed by atoms with E-state index < -0.39 is 5.97 Å². The molecule has 6 nitrogen and oxygen atoms in total. The molecular weight excluding hydrogens is 356 g/mol. The Labute approximate surface area is 154 Å². The first-order valence-electron chi connectivity index (χ1n) is 7.94. The fraction of sp³-hybridized carbons (Fsp3) is 0.158. The average Bonchev–Trinajstić information content (AvgIpc) is 3.15. The molecule has 0 unspecified atom stereocenters. The van der Waals surface area contributed by atoms with E-state index in [-0.39, 0.29) is 31.1 Å². The van der Waals surface area contributed by atoms with Crippen molar-refractivity contribution in [2.45, 2.75) is 19.4 Å². The number of Topliss-reactive ketones (excluding diaryl/α,β-unsaturated/α-hetero) is 1. The van der Waals surface area contributed by atoms with Crippen molar-refractivity contribution in [1.82, 2.24) is 10.2 Å². The first-order chi connectivity index (χ1) is 12.6. The number of benzene rings is 2. The summed E-state index contributed by atoms with van der Waals surface area (Å²) >= 11 is 5.78. The van der Waals surface area contributed by atoms with Crippen molar-refractivity contribution in [2.75, 3.05) is 0 Å². The fourth-order valence-corrected chi connectivity index (χ4v) is 2.35. The van der Waals surface area contributed by atoms with E-state index in [1.807, 2.05) is 30.3 Å². The third-order valence-corrected chi connectivity index (χ3v) is 3.82. The Kier molecular flexibility index (Phi) is 5.76. The second-order valence-electron chi connectivity index (χ2n) is 5.46. The van der Waals surface area contributed by atoms with Crippen LogP contribution in [-0.2, 0) is 16.1 Å². The van der Waals surface area contributed by atoms with Crippen LogP contribution < -0.4 is 0 Å². The number of nitrogens with zero attached hydrogens (tertiary/aromatic N) is 2. The molecular formula is C19H15ClN2O4. The van der Waals surface area contributed by atoms with Crippen LogP contribution in [-0.4, -0.2) is 21.9 Å². The molecule has 132 valence electrons. The van der Waals surface area contributed by atoms with Crippen LogP contribution in [0.25, 0.3) is 11.5 Å². The standard InChI is InChI=1S/C19H15ClN2O4/c20-15-8-6-13(7-9-15)16(23)10-11-18(24)25-12-17-21-22-19(26-17)14-4-2-1-3-5-14/h1-9H,10-12H2. The van der Waals surface area contributed by atoms with E-state index in [9.17, 15) is 9.59 Å². The first kappa shape index (κ1) is 17.8. The van der Waals surface area contributed by atoms with E-state index >= 15 is 0 Å². The molecule has 0 radical (unpaired) electrons. The van der Waals surface area contributed by atoms with Crippen molar-refractivity contribution >= 4 is 23.4 Å². The number of aromatic nitrogens is 2. The number of carbonyl (C=O) groups is 2. The summed E-state index contributed by atoms with van der Waals surface area (Å²) in [5, 5.41) is 8.31. The van der Waals surface area contributed by atoms with Crippen LogP contribution in [0.2, 0.25) is 5.02 Å². The van der Waals surface area contributed by atoms with Gasteiger partial charge in [-0.3, -0.25) is 9.59 Å². The molecule has 0 aliphatic heterocycles. The minimum atomic E-state index is -0.508. The normalized spacial score (nSPS) is 10.5. The molecule has 3 rings (SSSR count). The molecule has 26 heavy (non-hydrogen) atoms. The zero-order valence-corrected chi connectivity index (χ0v) is 14.5. The molecule has 0 bridgehead atoms. The highest BCUT2D eigenvalue weighted by Gasteiger charge is 2.13. The van der Waals surface area contributed by atoms with Gasteiger partial charge in [-0.1, -0.05) is 29.8 Å². The van der Waals surface area contributed by atoms with Crippen molar-refractivity contribution in [3.05, 3.63) is 71.1 Å². The van der Waals surface area contributed by atoms with E-state index in [1.165, 1.54) is 0 Å². The summed E-state index contributed by atoms with van der Waals surface area (Å²) in [6.07, 6.45) is 0.0285. The Morgan fingerprint density at radius 1 is 0.962 bits per heavy atom. The summed E-state index contributed by atoms with van der Waals surface area (Å²) in [7, 11) is 0. The molecule has 1 heterocycles. The van der Waals surface area contributed by atoms with E-state index in [2.05, 4.69) is 10.2 Å². The van der Waals surface area contributed by atoms with E-state index in [4.69, 9.17) is 20.8 Å². The summed E-state index contributed by atoms with van der Waals surface area (Å²) in [6.45, 7) is -0.131. The topological polar surface area (TPSA) is 82.3 Å². The smallest absolute Gasteiger partial charge is 0.306 e. The Morgan fingerprint density at radius 3 is 2.42 bits per heavy atom. The van der Waals surface area contributed by atoms with Gasteiger partial charge in [-0.15, -0.1) is 10.2 Å². The third-order valence-electron chi connectivity index (χ3n) is 3.57. The van der Waals surface area contributed by atoms with Crippen molar-refractivity contribution in [2.24, 2.45) is 0 Å². The quantitative estimate of drug-likeness (QED) is 0.460. The van der Waals surface area contributed by atoms with Crippen LogP contribution in [0.1, 0.15) is 29.1 Å². The van der Waals surface area contributed by atoms with Gasteiger partial charge in [0.05, 0.1) is 6.42 Å². The van der Waals surface area contributed by atoms with Gasteiger partial charge in [0, 0.05) is 22.6 Å². The number of hydrogen-bond donors (Lipinski definition) is 0. The lowest BCUT2D eigenvalue weighted by atomic mass is 10.1. The highest BCUT2D eigenvalue weighted by atomic mass is 35.5. The van der Waals surface area contributed by atoms with Gasteiger partial charge in [0.1, 0.15) is 0 Å². The van der Waals surface area contributed by atoms with Crippen LogP contribution in [0.3, 0.4) is 0 Å². The molecule has 0 N–H and O–H groups in total. The van der Waals surface area contributed by atoms with Gasteiger partial charge in [0.15, 0.2) is 12.4 Å². The summed E-state index contributed by atoms with van der Waals surface area (Å²) < 4.78 is 10.5. The van der Waals surface area contributed by atoms with E-state index in [0.717, 1.165) is 5.56 Å². The highest BCUT2D eigenvalue weighted by Crippen LogP contribution is 2.17. The SMILES string of the molecule is O=C(CCC(=O)c1ccc(Cl)cc1)OCc1nnc(-c2ccccc2)o1. The Morgan fingerprint density at radius 2 is 1.69 bits per heavy atom. The molecule has 3 aromatic rings. The molecule has 0 spiro atoms. The number of ether oxygens (including phenoxy) is 1. The van der Waals surface area contributed by atoms with Crippen LogP contribution in [0.15, 0.2) is 59.0 Å².